The third-order valence-corrected chi connectivity index (χ3v) is 3.89. The number of oxime groups is 1. The van der Waals surface area contributed by atoms with Crippen LogP contribution in [0.2, 0.25) is 10.0 Å². The van der Waals surface area contributed by atoms with Crippen LogP contribution in [0.15, 0.2) is 53.8 Å². The molecule has 0 unspecified atom stereocenters. The molecule has 7 heteroatoms. The molecule has 0 spiro atoms. The minimum absolute atomic E-state index is 0.218. The first kappa shape index (κ1) is 16.5. The van der Waals surface area contributed by atoms with Gasteiger partial charge in [0.2, 0.25) is 0 Å². The van der Waals surface area contributed by atoms with E-state index >= 15 is 0 Å². The average Bonchev–Trinajstić information content (AvgIpc) is 3.02. The summed E-state index contributed by atoms with van der Waals surface area (Å²) in [5.41, 5.74) is 3.04. The molecule has 0 atom stereocenters. The molecule has 24 heavy (non-hydrogen) atoms. The molecule has 3 rings (SSSR count). The van der Waals surface area contributed by atoms with Crippen LogP contribution in [0.25, 0.3) is 11.3 Å². The Bertz CT molecular complexity index is 863. The van der Waals surface area contributed by atoms with E-state index in [-0.39, 0.29) is 12.4 Å². The van der Waals surface area contributed by atoms with Crippen molar-refractivity contribution < 1.29 is 9.23 Å². The van der Waals surface area contributed by atoms with Gasteiger partial charge >= 0.3 is 0 Å². The lowest BCUT2D eigenvalue weighted by Gasteiger charge is -2.03. The van der Waals surface area contributed by atoms with Gasteiger partial charge < -0.3 is 4.84 Å². The Morgan fingerprint density at radius 1 is 1.17 bits per heavy atom. The van der Waals surface area contributed by atoms with Crippen LogP contribution in [0.3, 0.4) is 0 Å². The number of rotatable bonds is 5. The summed E-state index contributed by atoms with van der Waals surface area (Å²) in [6.45, 7) is 0.218. The van der Waals surface area contributed by atoms with Crippen molar-refractivity contribution in [3.05, 3.63) is 75.7 Å². The SMILES string of the molecule is Fc1ccc(-c2[nH]ncc2/C=N\OCc2ccc(Cl)cc2Cl)cc1. The third-order valence-electron chi connectivity index (χ3n) is 3.30. The molecule has 1 heterocycles. The maximum Gasteiger partial charge on any atom is 0.143 e. The third kappa shape index (κ3) is 3.93. The van der Waals surface area contributed by atoms with E-state index in [1.165, 1.54) is 18.3 Å². The number of hydrogen-bond donors (Lipinski definition) is 1. The Kier molecular flexibility index (Phi) is 5.13. The Morgan fingerprint density at radius 3 is 2.71 bits per heavy atom. The van der Waals surface area contributed by atoms with Gasteiger partial charge in [0.25, 0.3) is 0 Å². The van der Waals surface area contributed by atoms with Crippen molar-refractivity contribution >= 4 is 29.4 Å². The summed E-state index contributed by atoms with van der Waals surface area (Å²) < 4.78 is 13.0. The van der Waals surface area contributed by atoms with Crippen molar-refractivity contribution in [2.75, 3.05) is 0 Å². The van der Waals surface area contributed by atoms with Crippen molar-refractivity contribution in [3.8, 4) is 11.3 Å². The van der Waals surface area contributed by atoms with Gasteiger partial charge in [0.1, 0.15) is 12.4 Å². The van der Waals surface area contributed by atoms with Gasteiger partial charge in [-0.05, 0) is 36.4 Å². The fraction of sp³-hybridized carbons (Fsp3) is 0.0588. The molecule has 0 bridgehead atoms. The number of halogens is 3. The highest BCUT2D eigenvalue weighted by atomic mass is 35.5. The molecule has 0 aliphatic carbocycles. The van der Waals surface area contributed by atoms with E-state index < -0.39 is 0 Å². The fourth-order valence-electron chi connectivity index (χ4n) is 2.08. The van der Waals surface area contributed by atoms with E-state index in [1.54, 1.807) is 36.5 Å². The molecule has 0 aliphatic heterocycles. The van der Waals surface area contributed by atoms with Crippen molar-refractivity contribution in [3.63, 3.8) is 0 Å². The maximum absolute atomic E-state index is 13.0. The van der Waals surface area contributed by atoms with Gasteiger partial charge in [-0.15, -0.1) is 0 Å². The summed E-state index contributed by atoms with van der Waals surface area (Å²) in [5, 5.41) is 11.9. The molecule has 0 aliphatic rings. The van der Waals surface area contributed by atoms with Gasteiger partial charge in [-0.2, -0.15) is 5.10 Å². The van der Waals surface area contributed by atoms with Crippen LogP contribution in [0.1, 0.15) is 11.1 Å². The molecule has 0 amide bonds. The molecule has 4 nitrogen and oxygen atoms in total. The van der Waals surface area contributed by atoms with Crippen molar-refractivity contribution in [2.45, 2.75) is 6.61 Å². The average molecular weight is 364 g/mol. The van der Waals surface area contributed by atoms with E-state index in [2.05, 4.69) is 15.4 Å². The number of hydrogen-bond acceptors (Lipinski definition) is 3. The number of aromatic nitrogens is 2. The monoisotopic (exact) mass is 363 g/mol. The molecule has 0 saturated heterocycles. The number of nitrogens with one attached hydrogen (secondary N) is 1. The standard InChI is InChI=1S/C17H12Cl2FN3O/c18-14-4-1-12(16(19)7-14)10-24-22-9-13-8-21-23-17(13)11-2-5-15(20)6-3-11/h1-9H,10H2,(H,21,23)/b22-9-. The first-order valence-electron chi connectivity index (χ1n) is 7.02. The van der Waals surface area contributed by atoms with E-state index in [9.17, 15) is 4.39 Å². The van der Waals surface area contributed by atoms with E-state index in [0.717, 1.165) is 22.4 Å². The molecule has 2 aromatic carbocycles. The van der Waals surface area contributed by atoms with Crippen LogP contribution < -0.4 is 0 Å². The second kappa shape index (κ2) is 7.47. The topological polar surface area (TPSA) is 50.3 Å². The number of nitrogens with zero attached hydrogens (tertiary/aromatic N) is 2. The summed E-state index contributed by atoms with van der Waals surface area (Å²) in [6.07, 6.45) is 3.15. The van der Waals surface area contributed by atoms with Crippen LogP contribution >= 0.6 is 23.2 Å². The minimum atomic E-state index is -0.295. The quantitative estimate of drug-likeness (QED) is 0.507. The van der Waals surface area contributed by atoms with Crippen molar-refractivity contribution in [2.24, 2.45) is 5.16 Å². The summed E-state index contributed by atoms with van der Waals surface area (Å²) in [6, 6.07) is 11.3. The van der Waals surface area contributed by atoms with Crippen LogP contribution in [-0.2, 0) is 11.4 Å². The van der Waals surface area contributed by atoms with Gasteiger partial charge in [-0.3, -0.25) is 5.10 Å². The smallest absolute Gasteiger partial charge is 0.143 e. The van der Waals surface area contributed by atoms with Crippen molar-refractivity contribution in [1.82, 2.24) is 10.2 Å². The van der Waals surface area contributed by atoms with Gasteiger partial charge in [0, 0.05) is 26.7 Å². The first-order chi connectivity index (χ1) is 11.6. The van der Waals surface area contributed by atoms with Gasteiger partial charge in [0.05, 0.1) is 18.1 Å². The molecule has 0 fully saturated rings. The lowest BCUT2D eigenvalue weighted by atomic mass is 10.1. The van der Waals surface area contributed by atoms with Gasteiger partial charge in [-0.1, -0.05) is 34.4 Å². The Labute approximate surface area is 147 Å². The van der Waals surface area contributed by atoms with E-state index in [1.807, 2.05) is 0 Å². The zero-order valence-corrected chi connectivity index (χ0v) is 13.9. The second-order valence-electron chi connectivity index (χ2n) is 4.95. The second-order valence-corrected chi connectivity index (χ2v) is 5.79. The lowest BCUT2D eigenvalue weighted by molar-refractivity contribution is 0.132. The summed E-state index contributed by atoms with van der Waals surface area (Å²) in [4.78, 5) is 5.26. The van der Waals surface area contributed by atoms with Crippen molar-refractivity contribution in [1.29, 1.82) is 0 Å². The molecular weight excluding hydrogens is 352 g/mol. The number of benzene rings is 2. The maximum atomic E-state index is 13.0. The van der Waals surface area contributed by atoms with Gasteiger partial charge in [-0.25, -0.2) is 4.39 Å². The van der Waals surface area contributed by atoms with Gasteiger partial charge in [0.15, 0.2) is 0 Å². The zero-order chi connectivity index (χ0) is 16.9. The molecule has 3 aromatic rings. The summed E-state index contributed by atoms with van der Waals surface area (Å²) >= 11 is 11.9. The normalized spacial score (nSPS) is 11.1. The summed E-state index contributed by atoms with van der Waals surface area (Å²) in [7, 11) is 0. The molecule has 0 radical (unpaired) electrons. The predicted octanol–water partition coefficient (Wildman–Crippen LogP) is 5.07. The molecule has 122 valence electrons. The Hall–Kier alpha value is -2.37. The van der Waals surface area contributed by atoms with E-state index in [0.29, 0.717) is 10.0 Å². The minimum Gasteiger partial charge on any atom is -0.391 e. The van der Waals surface area contributed by atoms with Crippen LogP contribution in [0.5, 0.6) is 0 Å². The Balaban J connectivity index is 1.67. The molecular formula is C17H12Cl2FN3O. The molecule has 0 saturated carbocycles. The highest BCUT2D eigenvalue weighted by molar-refractivity contribution is 6.35. The summed E-state index contributed by atoms with van der Waals surface area (Å²) in [5.74, 6) is -0.295. The zero-order valence-electron chi connectivity index (χ0n) is 12.3. The van der Waals surface area contributed by atoms with Crippen LogP contribution in [0, 0.1) is 5.82 Å². The predicted molar refractivity (Wildman–Crippen MR) is 92.8 cm³/mol. The van der Waals surface area contributed by atoms with Crippen LogP contribution in [-0.4, -0.2) is 16.4 Å². The first-order valence-corrected chi connectivity index (χ1v) is 7.77. The lowest BCUT2D eigenvalue weighted by Crippen LogP contribution is -1.90. The fourth-order valence-corrected chi connectivity index (χ4v) is 2.54. The molecule has 1 N–H and O–H groups in total. The van der Waals surface area contributed by atoms with Crippen LogP contribution in [0.4, 0.5) is 4.39 Å². The highest BCUT2D eigenvalue weighted by Crippen LogP contribution is 2.22. The highest BCUT2D eigenvalue weighted by Gasteiger charge is 2.06. The molecule has 1 aromatic heterocycles. The number of aromatic amines is 1. The number of H-pyrrole nitrogens is 1. The largest absolute Gasteiger partial charge is 0.391 e. The van der Waals surface area contributed by atoms with E-state index in [4.69, 9.17) is 28.0 Å². The Morgan fingerprint density at radius 2 is 1.96 bits per heavy atom.